The summed E-state index contributed by atoms with van der Waals surface area (Å²) in [5.74, 6) is 0.938. The second-order valence-corrected chi connectivity index (χ2v) is 9.05. The molecule has 0 atom stereocenters. The van der Waals surface area contributed by atoms with Gasteiger partial charge < -0.3 is 19.7 Å². The van der Waals surface area contributed by atoms with Crippen molar-refractivity contribution in [3.8, 4) is 5.75 Å². The van der Waals surface area contributed by atoms with Gasteiger partial charge in [0.05, 0.1) is 13.0 Å². The van der Waals surface area contributed by atoms with Gasteiger partial charge in [-0.3, -0.25) is 9.69 Å². The summed E-state index contributed by atoms with van der Waals surface area (Å²) in [5.41, 5.74) is 1.02. The third kappa shape index (κ3) is 7.48. The predicted octanol–water partition coefficient (Wildman–Crippen LogP) is 3.10. The Balaban J connectivity index is 1.48. The van der Waals surface area contributed by atoms with Crippen LogP contribution in [0, 0.1) is 0 Å². The third-order valence-corrected chi connectivity index (χ3v) is 6.65. The summed E-state index contributed by atoms with van der Waals surface area (Å²) < 4.78 is 11.1. The number of carbonyl (C=O) groups excluding carboxylic acids is 1. The van der Waals surface area contributed by atoms with Crippen LogP contribution in [0.1, 0.15) is 52.0 Å². The van der Waals surface area contributed by atoms with Gasteiger partial charge in [-0.05, 0) is 77.2 Å². The van der Waals surface area contributed by atoms with Gasteiger partial charge in [-0.1, -0.05) is 12.1 Å². The Hall–Kier alpha value is -1.63. The van der Waals surface area contributed by atoms with Crippen molar-refractivity contribution >= 4 is 5.91 Å². The molecule has 6 heteroatoms. The van der Waals surface area contributed by atoms with Crippen LogP contribution in [0.5, 0.6) is 5.75 Å². The van der Waals surface area contributed by atoms with Crippen LogP contribution in [0.4, 0.5) is 0 Å². The van der Waals surface area contributed by atoms with Gasteiger partial charge in [0.25, 0.3) is 0 Å². The molecule has 0 saturated carbocycles. The molecular formula is C25H41N3O3. The summed E-state index contributed by atoms with van der Waals surface area (Å²) in [6.07, 6.45) is 5.05. The van der Waals surface area contributed by atoms with Crippen LogP contribution in [0.25, 0.3) is 0 Å². The van der Waals surface area contributed by atoms with Crippen molar-refractivity contribution in [2.75, 3.05) is 46.0 Å². The maximum Gasteiger partial charge on any atom is 0.224 e. The molecule has 2 fully saturated rings. The lowest BCUT2D eigenvalue weighted by molar-refractivity contribution is -0.120. The highest BCUT2D eigenvalue weighted by Gasteiger charge is 2.31. The Labute approximate surface area is 188 Å². The van der Waals surface area contributed by atoms with Crippen molar-refractivity contribution in [2.24, 2.45) is 0 Å². The number of hydrogen-bond acceptors (Lipinski definition) is 5. The number of nitrogens with one attached hydrogen (secondary N) is 1. The van der Waals surface area contributed by atoms with Gasteiger partial charge in [-0.25, -0.2) is 0 Å². The molecule has 1 N–H and O–H groups in total. The lowest BCUT2D eigenvalue weighted by atomic mass is 9.97. The molecule has 0 aromatic heterocycles. The summed E-state index contributed by atoms with van der Waals surface area (Å²) in [4.78, 5) is 17.7. The minimum absolute atomic E-state index is 0.0886. The zero-order valence-corrected chi connectivity index (χ0v) is 19.6. The van der Waals surface area contributed by atoms with Gasteiger partial charge in [-0.2, -0.15) is 0 Å². The first-order valence-electron chi connectivity index (χ1n) is 12.1. The van der Waals surface area contributed by atoms with Crippen molar-refractivity contribution in [1.29, 1.82) is 0 Å². The van der Waals surface area contributed by atoms with E-state index in [1.54, 1.807) is 0 Å². The van der Waals surface area contributed by atoms with Crippen LogP contribution in [-0.4, -0.2) is 79.8 Å². The molecule has 0 spiro atoms. The van der Waals surface area contributed by atoms with E-state index in [-0.39, 0.29) is 5.91 Å². The van der Waals surface area contributed by atoms with Gasteiger partial charge in [0, 0.05) is 44.4 Å². The molecule has 31 heavy (non-hydrogen) atoms. The second-order valence-electron chi connectivity index (χ2n) is 9.05. The molecule has 0 aliphatic carbocycles. The predicted molar refractivity (Wildman–Crippen MR) is 125 cm³/mol. The Morgan fingerprint density at radius 1 is 1.13 bits per heavy atom. The normalized spacial score (nSPS) is 19.1. The minimum atomic E-state index is 0.0886. The molecule has 0 unspecified atom stereocenters. The molecular weight excluding hydrogens is 390 g/mol. The van der Waals surface area contributed by atoms with E-state index in [1.165, 1.54) is 25.9 Å². The summed E-state index contributed by atoms with van der Waals surface area (Å²) in [6.45, 7) is 12.9. The lowest BCUT2D eigenvalue weighted by Crippen LogP contribution is -2.53. The van der Waals surface area contributed by atoms with Crippen molar-refractivity contribution in [3.05, 3.63) is 29.8 Å². The van der Waals surface area contributed by atoms with E-state index in [4.69, 9.17) is 9.47 Å². The average molecular weight is 432 g/mol. The SMILES string of the molecule is CCOc1ccc(CC(=O)NCCN(C2CCOCC2)C2CCN(C(C)C)CC2)cc1. The van der Waals surface area contributed by atoms with E-state index in [1.807, 2.05) is 31.2 Å². The molecule has 1 aromatic rings. The first-order chi connectivity index (χ1) is 15.1. The summed E-state index contributed by atoms with van der Waals surface area (Å²) >= 11 is 0. The number of ether oxygens (including phenoxy) is 2. The molecule has 6 nitrogen and oxygen atoms in total. The highest BCUT2D eigenvalue weighted by Crippen LogP contribution is 2.24. The first kappa shape index (κ1) is 24.0. The van der Waals surface area contributed by atoms with Crippen LogP contribution in [0.15, 0.2) is 24.3 Å². The van der Waals surface area contributed by atoms with Crippen LogP contribution in [0.3, 0.4) is 0 Å². The van der Waals surface area contributed by atoms with E-state index in [0.29, 0.717) is 37.7 Å². The molecule has 0 bridgehead atoms. The van der Waals surface area contributed by atoms with Gasteiger partial charge in [-0.15, -0.1) is 0 Å². The van der Waals surface area contributed by atoms with E-state index in [0.717, 1.165) is 43.9 Å². The van der Waals surface area contributed by atoms with Crippen LogP contribution < -0.4 is 10.1 Å². The molecule has 174 valence electrons. The Bertz CT molecular complexity index is 650. The number of likely N-dealkylation sites (tertiary alicyclic amines) is 1. The largest absolute Gasteiger partial charge is 0.494 e. The molecule has 0 radical (unpaired) electrons. The Morgan fingerprint density at radius 2 is 1.77 bits per heavy atom. The van der Waals surface area contributed by atoms with Crippen molar-refractivity contribution in [2.45, 2.75) is 71.0 Å². The summed E-state index contributed by atoms with van der Waals surface area (Å²) in [5, 5.41) is 3.15. The average Bonchev–Trinajstić information content (AvgIpc) is 2.79. The van der Waals surface area contributed by atoms with Crippen LogP contribution in [-0.2, 0) is 16.0 Å². The lowest BCUT2D eigenvalue weighted by Gasteiger charge is -2.44. The maximum atomic E-state index is 12.5. The van der Waals surface area contributed by atoms with Crippen molar-refractivity contribution in [3.63, 3.8) is 0 Å². The van der Waals surface area contributed by atoms with Gasteiger partial charge in [0.15, 0.2) is 0 Å². The molecule has 3 rings (SSSR count). The van der Waals surface area contributed by atoms with Gasteiger partial charge >= 0.3 is 0 Å². The zero-order chi connectivity index (χ0) is 22.1. The second kappa shape index (κ2) is 12.4. The van der Waals surface area contributed by atoms with Crippen molar-refractivity contribution < 1.29 is 14.3 Å². The minimum Gasteiger partial charge on any atom is -0.494 e. The fourth-order valence-electron chi connectivity index (χ4n) is 4.86. The monoisotopic (exact) mass is 431 g/mol. The van der Waals surface area contributed by atoms with Gasteiger partial charge in [0.2, 0.25) is 5.91 Å². The fraction of sp³-hybridized carbons (Fsp3) is 0.720. The van der Waals surface area contributed by atoms with E-state index >= 15 is 0 Å². The molecule has 1 aromatic carbocycles. The standard InChI is InChI=1S/C25H41N3O3/c1-4-31-24-7-5-21(6-8-24)19-25(29)26-13-16-28(23-11-17-30-18-12-23)22-9-14-27(15-10-22)20(2)3/h5-8,20,22-23H,4,9-19H2,1-3H3,(H,26,29). The van der Waals surface area contributed by atoms with E-state index < -0.39 is 0 Å². The number of carbonyl (C=O) groups is 1. The maximum absolute atomic E-state index is 12.5. The molecule has 2 aliphatic heterocycles. The van der Waals surface area contributed by atoms with E-state index in [2.05, 4.69) is 29.0 Å². The Kier molecular flexibility index (Phi) is 9.62. The topological polar surface area (TPSA) is 54.0 Å². The fourth-order valence-corrected chi connectivity index (χ4v) is 4.86. The third-order valence-electron chi connectivity index (χ3n) is 6.65. The number of amides is 1. The first-order valence-corrected chi connectivity index (χ1v) is 12.1. The number of hydrogen-bond donors (Lipinski definition) is 1. The summed E-state index contributed by atoms with van der Waals surface area (Å²) in [6, 6.07) is 9.63. The quantitative estimate of drug-likeness (QED) is 0.617. The van der Waals surface area contributed by atoms with Crippen LogP contribution in [0.2, 0.25) is 0 Å². The van der Waals surface area contributed by atoms with E-state index in [9.17, 15) is 4.79 Å². The molecule has 2 aliphatic rings. The highest BCUT2D eigenvalue weighted by atomic mass is 16.5. The number of benzene rings is 1. The number of piperidine rings is 1. The number of nitrogens with zero attached hydrogens (tertiary/aromatic N) is 2. The molecule has 1 amide bonds. The Morgan fingerprint density at radius 3 is 2.39 bits per heavy atom. The summed E-state index contributed by atoms with van der Waals surface area (Å²) in [7, 11) is 0. The van der Waals surface area contributed by atoms with Crippen LogP contribution >= 0.6 is 0 Å². The zero-order valence-electron chi connectivity index (χ0n) is 19.6. The molecule has 2 saturated heterocycles. The molecule has 2 heterocycles. The number of rotatable bonds is 10. The smallest absolute Gasteiger partial charge is 0.224 e. The highest BCUT2D eigenvalue weighted by molar-refractivity contribution is 5.78. The van der Waals surface area contributed by atoms with Crippen molar-refractivity contribution in [1.82, 2.24) is 15.1 Å². The van der Waals surface area contributed by atoms with Gasteiger partial charge in [0.1, 0.15) is 5.75 Å².